The summed E-state index contributed by atoms with van der Waals surface area (Å²) in [5.74, 6) is 0. The van der Waals surface area contributed by atoms with Crippen molar-refractivity contribution in [3.8, 4) is 0 Å². The second kappa shape index (κ2) is 4.45. The van der Waals surface area contributed by atoms with Crippen molar-refractivity contribution in [2.24, 2.45) is 0 Å². The minimum atomic E-state index is -0.668. The maximum atomic E-state index is 10.2. The zero-order chi connectivity index (χ0) is 11.5. The molecule has 2 aromatic heterocycles. The Labute approximate surface area is 94.6 Å². The van der Waals surface area contributed by atoms with Gasteiger partial charge in [-0.25, -0.2) is 4.98 Å². The minimum absolute atomic E-state index is 0.281. The number of aliphatic hydroxyl groups is 1. The average molecular weight is 217 g/mol. The molecule has 0 amide bonds. The van der Waals surface area contributed by atoms with Gasteiger partial charge in [-0.15, -0.1) is 0 Å². The first kappa shape index (κ1) is 10.8. The summed E-state index contributed by atoms with van der Waals surface area (Å²) in [6.07, 6.45) is 6.12. The number of imidazole rings is 1. The molecule has 84 valence electrons. The van der Waals surface area contributed by atoms with E-state index < -0.39 is 6.10 Å². The predicted molar refractivity (Wildman–Crippen MR) is 60.9 cm³/mol. The fraction of sp³-hybridized carbons (Fsp3) is 0.333. The Kier molecular flexibility index (Phi) is 3.01. The van der Waals surface area contributed by atoms with E-state index in [2.05, 4.69) is 23.8 Å². The predicted octanol–water partition coefficient (Wildman–Crippen LogP) is 1.94. The zero-order valence-electron chi connectivity index (χ0n) is 9.41. The molecule has 0 aromatic carbocycles. The van der Waals surface area contributed by atoms with Gasteiger partial charge in [0.1, 0.15) is 6.10 Å². The van der Waals surface area contributed by atoms with Gasteiger partial charge < -0.3 is 9.67 Å². The molecule has 0 aliphatic heterocycles. The van der Waals surface area contributed by atoms with E-state index in [-0.39, 0.29) is 6.04 Å². The van der Waals surface area contributed by atoms with Crippen LogP contribution in [0.15, 0.2) is 37.1 Å². The van der Waals surface area contributed by atoms with Crippen LogP contribution in [0.1, 0.15) is 37.3 Å². The molecule has 2 heterocycles. The second-order valence-corrected chi connectivity index (χ2v) is 4.01. The number of hydrogen-bond donors (Lipinski definition) is 1. The maximum absolute atomic E-state index is 10.2. The first-order valence-corrected chi connectivity index (χ1v) is 5.30. The van der Waals surface area contributed by atoms with E-state index in [1.54, 1.807) is 24.9 Å². The molecule has 2 aromatic rings. The average Bonchev–Trinajstić information content (AvgIpc) is 2.78. The Morgan fingerprint density at radius 1 is 1.25 bits per heavy atom. The van der Waals surface area contributed by atoms with E-state index in [1.165, 1.54) is 0 Å². The van der Waals surface area contributed by atoms with E-state index >= 15 is 0 Å². The fourth-order valence-corrected chi connectivity index (χ4v) is 1.67. The van der Waals surface area contributed by atoms with Crippen LogP contribution in [0.2, 0.25) is 0 Å². The van der Waals surface area contributed by atoms with Gasteiger partial charge in [-0.1, -0.05) is 6.07 Å². The number of pyridine rings is 1. The summed E-state index contributed by atoms with van der Waals surface area (Å²) in [6.45, 7) is 4.11. The van der Waals surface area contributed by atoms with Gasteiger partial charge in [0.15, 0.2) is 0 Å². The highest BCUT2D eigenvalue weighted by Crippen LogP contribution is 2.22. The lowest BCUT2D eigenvalue weighted by molar-refractivity contribution is 0.207. The topological polar surface area (TPSA) is 50.9 Å². The molecule has 1 unspecified atom stereocenters. The van der Waals surface area contributed by atoms with E-state index in [9.17, 15) is 5.11 Å². The number of aromatic nitrogens is 3. The second-order valence-electron chi connectivity index (χ2n) is 4.01. The van der Waals surface area contributed by atoms with Crippen molar-refractivity contribution in [1.29, 1.82) is 0 Å². The Bertz CT molecular complexity index is 450. The molecular weight excluding hydrogens is 202 g/mol. The van der Waals surface area contributed by atoms with E-state index in [4.69, 9.17) is 0 Å². The van der Waals surface area contributed by atoms with Gasteiger partial charge in [-0.2, -0.15) is 0 Å². The lowest BCUT2D eigenvalue weighted by atomic mass is 10.1. The Morgan fingerprint density at radius 2 is 2.06 bits per heavy atom. The molecule has 1 N–H and O–H groups in total. The first-order chi connectivity index (χ1) is 7.70. The van der Waals surface area contributed by atoms with Gasteiger partial charge in [0.25, 0.3) is 0 Å². The summed E-state index contributed by atoms with van der Waals surface area (Å²) in [5, 5.41) is 10.2. The van der Waals surface area contributed by atoms with Gasteiger partial charge in [0.05, 0.1) is 18.2 Å². The van der Waals surface area contributed by atoms with Crippen molar-refractivity contribution in [2.75, 3.05) is 0 Å². The number of hydrogen-bond acceptors (Lipinski definition) is 3. The molecule has 0 radical (unpaired) electrons. The molecule has 0 spiro atoms. The Balaban J connectivity index is 2.34. The summed E-state index contributed by atoms with van der Waals surface area (Å²) in [4.78, 5) is 8.07. The molecular formula is C12H15N3O. The molecule has 4 nitrogen and oxygen atoms in total. The SMILES string of the molecule is CC(C)n1cncc1C(O)c1cccnc1. The molecule has 2 rings (SSSR count). The molecule has 0 bridgehead atoms. The quantitative estimate of drug-likeness (QED) is 0.854. The van der Waals surface area contributed by atoms with Gasteiger partial charge in [-0.3, -0.25) is 4.98 Å². The lowest BCUT2D eigenvalue weighted by Crippen LogP contribution is -2.10. The summed E-state index contributed by atoms with van der Waals surface area (Å²) in [7, 11) is 0. The van der Waals surface area contributed by atoms with E-state index in [0.717, 1.165) is 11.3 Å². The van der Waals surface area contributed by atoms with Crippen LogP contribution in [0.4, 0.5) is 0 Å². The highest BCUT2D eigenvalue weighted by molar-refractivity contribution is 5.22. The van der Waals surface area contributed by atoms with Crippen LogP contribution in [0.25, 0.3) is 0 Å². The standard InChI is InChI=1S/C12H15N3O/c1-9(2)15-8-14-7-11(15)12(16)10-4-3-5-13-6-10/h3-9,12,16H,1-2H3. The molecule has 0 aliphatic rings. The van der Waals surface area contributed by atoms with Crippen molar-refractivity contribution in [2.45, 2.75) is 26.0 Å². The lowest BCUT2D eigenvalue weighted by Gasteiger charge is -2.16. The van der Waals surface area contributed by atoms with Crippen LogP contribution in [-0.2, 0) is 0 Å². The molecule has 0 saturated carbocycles. The highest BCUT2D eigenvalue weighted by Gasteiger charge is 2.16. The maximum Gasteiger partial charge on any atom is 0.122 e. The zero-order valence-corrected chi connectivity index (χ0v) is 9.41. The number of nitrogens with zero attached hydrogens (tertiary/aromatic N) is 3. The normalized spacial score (nSPS) is 13.0. The molecule has 1 atom stereocenters. The van der Waals surface area contributed by atoms with Gasteiger partial charge in [0.2, 0.25) is 0 Å². The summed E-state index contributed by atoms with van der Waals surface area (Å²) in [6, 6.07) is 3.95. The summed E-state index contributed by atoms with van der Waals surface area (Å²) < 4.78 is 1.96. The molecule has 0 aliphatic carbocycles. The van der Waals surface area contributed by atoms with Crippen molar-refractivity contribution in [3.05, 3.63) is 48.3 Å². The molecule has 0 fully saturated rings. The third-order valence-corrected chi connectivity index (χ3v) is 2.53. The summed E-state index contributed by atoms with van der Waals surface area (Å²) in [5.41, 5.74) is 1.58. The monoisotopic (exact) mass is 217 g/mol. The fourth-order valence-electron chi connectivity index (χ4n) is 1.67. The van der Waals surface area contributed by atoms with Crippen LogP contribution in [0.3, 0.4) is 0 Å². The van der Waals surface area contributed by atoms with Crippen LogP contribution < -0.4 is 0 Å². The van der Waals surface area contributed by atoms with Gasteiger partial charge in [-0.05, 0) is 19.9 Å². The van der Waals surface area contributed by atoms with E-state index in [1.807, 2.05) is 16.7 Å². The van der Waals surface area contributed by atoms with Crippen molar-refractivity contribution in [1.82, 2.24) is 14.5 Å². The van der Waals surface area contributed by atoms with Crippen LogP contribution in [-0.4, -0.2) is 19.6 Å². The van der Waals surface area contributed by atoms with Crippen molar-refractivity contribution < 1.29 is 5.11 Å². The van der Waals surface area contributed by atoms with Crippen LogP contribution in [0, 0.1) is 0 Å². The number of rotatable bonds is 3. The van der Waals surface area contributed by atoms with Gasteiger partial charge >= 0.3 is 0 Å². The van der Waals surface area contributed by atoms with Crippen LogP contribution in [0.5, 0.6) is 0 Å². The largest absolute Gasteiger partial charge is 0.382 e. The smallest absolute Gasteiger partial charge is 0.122 e. The number of aliphatic hydroxyl groups excluding tert-OH is 1. The van der Waals surface area contributed by atoms with Crippen LogP contribution >= 0.6 is 0 Å². The first-order valence-electron chi connectivity index (χ1n) is 5.30. The Morgan fingerprint density at radius 3 is 2.69 bits per heavy atom. The van der Waals surface area contributed by atoms with Gasteiger partial charge in [0, 0.05) is 24.0 Å². The van der Waals surface area contributed by atoms with E-state index in [0.29, 0.717) is 0 Å². The minimum Gasteiger partial charge on any atom is -0.382 e. The summed E-state index contributed by atoms with van der Waals surface area (Å²) >= 11 is 0. The third-order valence-electron chi connectivity index (χ3n) is 2.53. The van der Waals surface area contributed by atoms with Crippen molar-refractivity contribution >= 4 is 0 Å². The molecule has 0 saturated heterocycles. The third kappa shape index (κ3) is 1.97. The van der Waals surface area contributed by atoms with Crippen molar-refractivity contribution in [3.63, 3.8) is 0 Å². The molecule has 4 heteroatoms. The molecule has 16 heavy (non-hydrogen) atoms. The highest BCUT2D eigenvalue weighted by atomic mass is 16.3. The Hall–Kier alpha value is -1.68.